The van der Waals surface area contributed by atoms with Gasteiger partial charge in [-0.15, -0.1) is 0 Å². The molecule has 0 heterocycles. The monoisotopic (exact) mass is 257 g/mol. The Morgan fingerprint density at radius 2 is 2.29 bits per heavy atom. The SMILES string of the molecule is Cc1ccc([AsH]CCO)c([N+](=O)[O-])c1. The molecule has 0 aliphatic carbocycles. The summed E-state index contributed by atoms with van der Waals surface area (Å²) in [5.41, 5.74) is 1.11. The number of rotatable bonds is 4. The molecule has 1 N–H and O–H groups in total. The Labute approximate surface area is 88.8 Å². The third-order valence-electron chi connectivity index (χ3n) is 1.78. The van der Waals surface area contributed by atoms with E-state index in [1.165, 1.54) is 0 Å². The molecule has 0 bridgehead atoms. The Morgan fingerprint density at radius 3 is 2.86 bits per heavy atom. The molecule has 1 aromatic rings. The van der Waals surface area contributed by atoms with Crippen molar-refractivity contribution >= 4 is 25.8 Å². The quantitative estimate of drug-likeness (QED) is 0.481. The van der Waals surface area contributed by atoms with Gasteiger partial charge in [-0.3, -0.25) is 0 Å². The van der Waals surface area contributed by atoms with E-state index in [-0.39, 0.29) is 17.2 Å². The van der Waals surface area contributed by atoms with E-state index in [4.69, 9.17) is 5.11 Å². The molecular formula is C9H12AsNO3. The molecule has 0 radical (unpaired) electrons. The maximum absolute atomic E-state index is 10.7. The molecule has 5 heteroatoms. The first-order valence-corrected chi connectivity index (χ1v) is 6.78. The average Bonchev–Trinajstić information content (AvgIpc) is 2.15. The normalized spacial score (nSPS) is 11.0. The third kappa shape index (κ3) is 2.82. The summed E-state index contributed by atoms with van der Waals surface area (Å²) in [4.78, 5) is 10.4. The predicted molar refractivity (Wildman–Crippen MR) is 56.5 cm³/mol. The molecule has 76 valence electrons. The van der Waals surface area contributed by atoms with E-state index in [0.717, 1.165) is 9.91 Å². The van der Waals surface area contributed by atoms with Crippen molar-refractivity contribution in [3.63, 3.8) is 0 Å². The number of aliphatic hydroxyl groups is 1. The zero-order valence-corrected chi connectivity index (χ0v) is 9.96. The van der Waals surface area contributed by atoms with Crippen LogP contribution >= 0.6 is 0 Å². The van der Waals surface area contributed by atoms with Crippen LogP contribution in [0, 0.1) is 17.0 Å². The molecule has 1 rings (SSSR count). The topological polar surface area (TPSA) is 63.4 Å². The molecule has 1 aromatic carbocycles. The van der Waals surface area contributed by atoms with Gasteiger partial charge >= 0.3 is 88.4 Å². The van der Waals surface area contributed by atoms with Gasteiger partial charge in [0.25, 0.3) is 0 Å². The molecule has 4 nitrogen and oxygen atoms in total. The molecule has 0 amide bonds. The van der Waals surface area contributed by atoms with Crippen molar-refractivity contribution in [2.45, 2.75) is 12.1 Å². The van der Waals surface area contributed by atoms with Crippen LogP contribution in [0.25, 0.3) is 0 Å². The fourth-order valence-corrected chi connectivity index (χ4v) is 3.08. The van der Waals surface area contributed by atoms with Crippen LogP contribution in [-0.2, 0) is 0 Å². The first-order valence-electron chi connectivity index (χ1n) is 4.25. The van der Waals surface area contributed by atoms with Crippen molar-refractivity contribution < 1.29 is 10.0 Å². The van der Waals surface area contributed by atoms with E-state index in [1.807, 2.05) is 19.1 Å². The number of aliphatic hydroxyl groups excluding tert-OH is 1. The van der Waals surface area contributed by atoms with E-state index in [0.29, 0.717) is 5.21 Å². The fraction of sp³-hybridized carbons (Fsp3) is 0.333. The van der Waals surface area contributed by atoms with Crippen LogP contribution in [0.1, 0.15) is 5.56 Å². The minimum absolute atomic E-state index is 0.116. The second-order valence-electron chi connectivity index (χ2n) is 2.93. The third-order valence-corrected chi connectivity index (χ3v) is 4.46. The molecule has 0 spiro atoms. The van der Waals surface area contributed by atoms with Gasteiger partial charge in [-0.1, -0.05) is 0 Å². The fourth-order valence-electron chi connectivity index (χ4n) is 1.13. The summed E-state index contributed by atoms with van der Waals surface area (Å²) < 4.78 is 0.814. The second-order valence-corrected chi connectivity index (χ2v) is 5.85. The summed E-state index contributed by atoms with van der Waals surface area (Å²) in [5, 5.41) is 20.1. The standard InChI is InChI=1S/C9H12AsNO3/c1-7-2-3-8(10-4-5-12)9(6-7)11(13)14/h2-3,6,10,12H,4-5H2,1H3. The van der Waals surface area contributed by atoms with Crippen molar-refractivity contribution in [1.29, 1.82) is 0 Å². The molecule has 1 atom stereocenters. The molecule has 0 aliphatic heterocycles. The van der Waals surface area contributed by atoms with Crippen molar-refractivity contribution in [3.8, 4) is 0 Å². The van der Waals surface area contributed by atoms with Gasteiger partial charge in [-0.25, -0.2) is 0 Å². The van der Waals surface area contributed by atoms with Gasteiger partial charge in [0.2, 0.25) is 0 Å². The van der Waals surface area contributed by atoms with Crippen molar-refractivity contribution in [2.24, 2.45) is 0 Å². The number of aryl methyl sites for hydroxylation is 1. The molecular weight excluding hydrogens is 245 g/mol. The van der Waals surface area contributed by atoms with Gasteiger partial charge in [-0.05, 0) is 0 Å². The van der Waals surface area contributed by atoms with Crippen LogP contribution in [0.15, 0.2) is 18.2 Å². The number of nitrogens with zero attached hydrogens (tertiary/aromatic N) is 1. The van der Waals surface area contributed by atoms with Gasteiger partial charge in [0.05, 0.1) is 0 Å². The molecule has 14 heavy (non-hydrogen) atoms. The Morgan fingerprint density at radius 1 is 1.57 bits per heavy atom. The molecule has 0 aliphatic rings. The summed E-state index contributed by atoms with van der Waals surface area (Å²) in [6.45, 7) is 1.95. The molecule has 0 aromatic heterocycles. The molecule has 0 fully saturated rings. The van der Waals surface area contributed by atoms with Crippen molar-refractivity contribution in [2.75, 3.05) is 6.61 Å². The summed E-state index contributed by atoms with van der Waals surface area (Å²) in [7, 11) is 0. The van der Waals surface area contributed by atoms with E-state index in [1.54, 1.807) is 6.07 Å². The minimum atomic E-state index is -0.567. The van der Waals surface area contributed by atoms with Crippen molar-refractivity contribution in [1.82, 2.24) is 0 Å². The maximum atomic E-state index is 10.7. The van der Waals surface area contributed by atoms with Crippen LogP contribution < -0.4 is 4.35 Å². The molecule has 0 saturated carbocycles. The first kappa shape index (κ1) is 11.2. The number of benzene rings is 1. The Hall–Kier alpha value is -0.862. The Kier molecular flexibility index (Phi) is 4.11. The number of hydrogen-bond acceptors (Lipinski definition) is 3. The average molecular weight is 257 g/mol. The van der Waals surface area contributed by atoms with Gasteiger partial charge in [0.1, 0.15) is 0 Å². The van der Waals surface area contributed by atoms with Crippen LogP contribution in [0.5, 0.6) is 0 Å². The van der Waals surface area contributed by atoms with E-state index in [2.05, 4.69) is 0 Å². The van der Waals surface area contributed by atoms with Gasteiger partial charge in [0.15, 0.2) is 0 Å². The van der Waals surface area contributed by atoms with Gasteiger partial charge < -0.3 is 0 Å². The summed E-state index contributed by atoms with van der Waals surface area (Å²) in [6, 6.07) is 5.28. The zero-order chi connectivity index (χ0) is 10.6. The Balaban J connectivity index is 2.96. The molecule has 0 saturated heterocycles. The summed E-state index contributed by atoms with van der Waals surface area (Å²) in [6.07, 6.45) is 0. The van der Waals surface area contributed by atoms with Gasteiger partial charge in [0, 0.05) is 0 Å². The van der Waals surface area contributed by atoms with Crippen LogP contribution in [-0.4, -0.2) is 32.4 Å². The summed E-state index contributed by atoms with van der Waals surface area (Å²) >= 11 is -0.567. The van der Waals surface area contributed by atoms with E-state index >= 15 is 0 Å². The number of nitro benzene ring substituents is 1. The predicted octanol–water partition coefficient (Wildman–Crippen LogP) is 0.376. The van der Waals surface area contributed by atoms with Gasteiger partial charge in [-0.2, -0.15) is 0 Å². The van der Waals surface area contributed by atoms with Crippen LogP contribution in [0.4, 0.5) is 5.69 Å². The summed E-state index contributed by atoms with van der Waals surface area (Å²) in [5.74, 6) is 0. The number of nitro groups is 1. The van der Waals surface area contributed by atoms with E-state index < -0.39 is 15.8 Å². The zero-order valence-electron chi connectivity index (χ0n) is 7.86. The second kappa shape index (κ2) is 5.13. The van der Waals surface area contributed by atoms with E-state index in [9.17, 15) is 10.1 Å². The number of hydrogen-bond donors (Lipinski definition) is 1. The first-order chi connectivity index (χ1) is 6.65. The Bertz CT molecular complexity index is 341. The van der Waals surface area contributed by atoms with Crippen molar-refractivity contribution in [3.05, 3.63) is 33.9 Å². The van der Waals surface area contributed by atoms with Crippen LogP contribution in [0.3, 0.4) is 0 Å². The molecule has 1 unspecified atom stereocenters. The van der Waals surface area contributed by atoms with Crippen LogP contribution in [0.2, 0.25) is 5.21 Å².